The second kappa shape index (κ2) is 6.13. The van der Waals surface area contributed by atoms with E-state index in [0.29, 0.717) is 15.7 Å². The van der Waals surface area contributed by atoms with Crippen LogP contribution in [0.5, 0.6) is 5.75 Å². The predicted molar refractivity (Wildman–Crippen MR) is 89.2 cm³/mol. The number of amides is 1. The number of aliphatic hydroxyl groups excluding tert-OH is 1. The van der Waals surface area contributed by atoms with Gasteiger partial charge in [-0.1, -0.05) is 6.92 Å². The summed E-state index contributed by atoms with van der Waals surface area (Å²) in [4.78, 5) is 14.2. The molecule has 2 unspecified atom stereocenters. The van der Waals surface area contributed by atoms with E-state index >= 15 is 0 Å². The molecule has 1 aliphatic rings. The van der Waals surface area contributed by atoms with E-state index < -0.39 is 0 Å². The third-order valence-electron chi connectivity index (χ3n) is 3.59. The molecule has 6 heteroatoms. The molecule has 0 aliphatic carbocycles. The van der Waals surface area contributed by atoms with Gasteiger partial charge in [0.15, 0.2) is 0 Å². The molecular formula is C13H15I2NO3. The molecule has 1 aromatic rings. The fraction of sp³-hybridized carbons (Fsp3) is 0.462. The number of benzene rings is 1. The molecule has 1 amide bonds. The van der Waals surface area contributed by atoms with Crippen LogP contribution in [-0.2, 0) is 0 Å². The first-order valence-electron chi connectivity index (χ1n) is 6.05. The molecule has 2 rings (SSSR count). The summed E-state index contributed by atoms with van der Waals surface area (Å²) in [5.41, 5.74) is 0.323. The van der Waals surface area contributed by atoms with Crippen LogP contribution in [0.1, 0.15) is 23.7 Å². The molecule has 0 spiro atoms. The van der Waals surface area contributed by atoms with E-state index in [1.807, 2.05) is 35.6 Å². The molecule has 2 N–H and O–H groups in total. The molecule has 0 aromatic heterocycles. The van der Waals surface area contributed by atoms with E-state index in [2.05, 4.69) is 22.6 Å². The van der Waals surface area contributed by atoms with Gasteiger partial charge in [0.05, 0.1) is 21.8 Å². The Morgan fingerprint density at radius 3 is 2.79 bits per heavy atom. The zero-order chi connectivity index (χ0) is 14.2. The van der Waals surface area contributed by atoms with Crippen molar-refractivity contribution in [3.8, 4) is 5.75 Å². The molecule has 0 radical (unpaired) electrons. The lowest BCUT2D eigenvalue weighted by Gasteiger charge is -2.25. The van der Waals surface area contributed by atoms with Crippen molar-refractivity contribution in [3.05, 3.63) is 24.8 Å². The van der Waals surface area contributed by atoms with Gasteiger partial charge in [-0.2, -0.15) is 0 Å². The van der Waals surface area contributed by atoms with Gasteiger partial charge in [-0.25, -0.2) is 0 Å². The van der Waals surface area contributed by atoms with Crippen LogP contribution in [-0.4, -0.2) is 40.2 Å². The van der Waals surface area contributed by atoms with Crippen molar-refractivity contribution >= 4 is 51.1 Å². The predicted octanol–water partition coefficient (Wildman–Crippen LogP) is 2.44. The van der Waals surface area contributed by atoms with Gasteiger partial charge in [0.25, 0.3) is 5.91 Å². The van der Waals surface area contributed by atoms with Crippen LogP contribution in [0.25, 0.3) is 0 Å². The summed E-state index contributed by atoms with van der Waals surface area (Å²) in [6.45, 7) is 2.63. The van der Waals surface area contributed by atoms with E-state index in [9.17, 15) is 15.0 Å². The summed E-state index contributed by atoms with van der Waals surface area (Å²) < 4.78 is 1.58. The fourth-order valence-corrected chi connectivity index (χ4v) is 4.27. The lowest BCUT2D eigenvalue weighted by Crippen LogP contribution is -2.39. The van der Waals surface area contributed by atoms with E-state index in [-0.39, 0.29) is 30.2 Å². The van der Waals surface area contributed by atoms with Crippen molar-refractivity contribution in [2.24, 2.45) is 5.92 Å². The van der Waals surface area contributed by atoms with Gasteiger partial charge in [-0.15, -0.1) is 0 Å². The molecule has 4 nitrogen and oxygen atoms in total. The monoisotopic (exact) mass is 487 g/mol. The number of phenolic OH excluding ortho intramolecular Hbond substituents is 1. The van der Waals surface area contributed by atoms with Crippen LogP contribution in [0.4, 0.5) is 0 Å². The van der Waals surface area contributed by atoms with Gasteiger partial charge in [0.1, 0.15) is 5.75 Å². The van der Waals surface area contributed by atoms with Gasteiger partial charge in [0.2, 0.25) is 0 Å². The number of nitrogens with zero attached hydrogens (tertiary/aromatic N) is 1. The first kappa shape index (κ1) is 15.3. The highest BCUT2D eigenvalue weighted by atomic mass is 127. The van der Waals surface area contributed by atoms with Gasteiger partial charge >= 0.3 is 0 Å². The third-order valence-corrected chi connectivity index (χ3v) is 5.03. The number of carbonyl (C=O) groups excluding carboxylic acids is 1. The molecule has 104 valence electrons. The maximum Gasteiger partial charge on any atom is 0.258 e. The smallest absolute Gasteiger partial charge is 0.258 e. The van der Waals surface area contributed by atoms with E-state index in [1.165, 1.54) is 0 Å². The van der Waals surface area contributed by atoms with Crippen LogP contribution >= 0.6 is 45.2 Å². The number of halogens is 2. The Kier molecular flexibility index (Phi) is 4.93. The molecule has 2 atom stereocenters. The maximum atomic E-state index is 12.5. The Labute approximate surface area is 139 Å². The maximum absolute atomic E-state index is 12.5. The molecule has 1 fully saturated rings. The molecular weight excluding hydrogens is 472 g/mol. The number of aromatic hydroxyl groups is 1. The largest absolute Gasteiger partial charge is 0.506 e. The first-order valence-corrected chi connectivity index (χ1v) is 8.21. The average Bonchev–Trinajstić information content (AvgIpc) is 2.74. The SMILES string of the molecule is CC1CCN(C(=O)c2cc(I)cc(I)c2O)C1CO. The zero-order valence-corrected chi connectivity index (χ0v) is 14.8. The Hall–Kier alpha value is -0.0900. The van der Waals surface area contributed by atoms with Crippen LogP contribution in [0.3, 0.4) is 0 Å². The minimum atomic E-state index is -0.197. The molecule has 0 saturated carbocycles. The van der Waals surface area contributed by atoms with Crippen LogP contribution < -0.4 is 0 Å². The van der Waals surface area contributed by atoms with E-state index in [1.54, 1.807) is 11.0 Å². The van der Waals surface area contributed by atoms with Crippen molar-refractivity contribution in [2.45, 2.75) is 19.4 Å². The van der Waals surface area contributed by atoms with E-state index in [0.717, 1.165) is 9.99 Å². The average molecular weight is 487 g/mol. The van der Waals surface area contributed by atoms with Gasteiger partial charge < -0.3 is 15.1 Å². The molecule has 1 heterocycles. The fourth-order valence-electron chi connectivity index (χ4n) is 2.42. The van der Waals surface area contributed by atoms with Crippen molar-refractivity contribution in [2.75, 3.05) is 13.2 Å². The molecule has 19 heavy (non-hydrogen) atoms. The Bertz CT molecular complexity index is 507. The number of aliphatic hydroxyl groups is 1. The Morgan fingerprint density at radius 1 is 1.47 bits per heavy atom. The van der Waals surface area contributed by atoms with Gasteiger partial charge in [-0.3, -0.25) is 4.79 Å². The lowest BCUT2D eigenvalue weighted by molar-refractivity contribution is 0.0645. The van der Waals surface area contributed by atoms with Crippen LogP contribution in [0.15, 0.2) is 12.1 Å². The lowest BCUT2D eigenvalue weighted by atomic mass is 10.0. The van der Waals surface area contributed by atoms with Gasteiger partial charge in [0, 0.05) is 10.1 Å². The van der Waals surface area contributed by atoms with E-state index in [4.69, 9.17) is 0 Å². The molecule has 0 bridgehead atoms. The number of phenols is 1. The van der Waals surface area contributed by atoms with Crippen molar-refractivity contribution in [3.63, 3.8) is 0 Å². The highest BCUT2D eigenvalue weighted by Gasteiger charge is 2.35. The highest BCUT2D eigenvalue weighted by molar-refractivity contribution is 14.1. The Balaban J connectivity index is 2.35. The number of carbonyl (C=O) groups is 1. The second-order valence-electron chi connectivity index (χ2n) is 4.80. The standard InChI is InChI=1S/C13H15I2NO3/c1-7-2-3-16(11(7)6-17)13(19)9-4-8(14)5-10(15)12(9)18/h4-5,7,11,17-18H,2-3,6H2,1H3. The van der Waals surface area contributed by atoms with Crippen molar-refractivity contribution in [1.29, 1.82) is 0 Å². The Morgan fingerprint density at radius 2 is 2.16 bits per heavy atom. The minimum Gasteiger partial charge on any atom is -0.506 e. The highest BCUT2D eigenvalue weighted by Crippen LogP contribution is 2.31. The zero-order valence-electron chi connectivity index (χ0n) is 10.4. The molecule has 1 aromatic carbocycles. The van der Waals surface area contributed by atoms with Gasteiger partial charge in [-0.05, 0) is 69.7 Å². The summed E-state index contributed by atoms with van der Waals surface area (Å²) >= 11 is 4.14. The van der Waals surface area contributed by atoms with Crippen LogP contribution in [0, 0.1) is 13.1 Å². The summed E-state index contributed by atoms with van der Waals surface area (Å²) in [7, 11) is 0. The number of rotatable bonds is 2. The molecule has 1 saturated heterocycles. The minimum absolute atomic E-state index is 0.0299. The second-order valence-corrected chi connectivity index (χ2v) is 7.21. The van der Waals surface area contributed by atoms with Crippen molar-refractivity contribution < 1.29 is 15.0 Å². The number of hydrogen-bond donors (Lipinski definition) is 2. The topological polar surface area (TPSA) is 60.8 Å². The van der Waals surface area contributed by atoms with Crippen molar-refractivity contribution in [1.82, 2.24) is 4.90 Å². The first-order chi connectivity index (χ1) is 8.95. The van der Waals surface area contributed by atoms with Crippen LogP contribution in [0.2, 0.25) is 0 Å². The number of hydrogen-bond acceptors (Lipinski definition) is 3. The normalized spacial score (nSPS) is 22.8. The summed E-state index contributed by atoms with van der Waals surface area (Å²) in [6, 6.07) is 3.36. The quantitative estimate of drug-likeness (QED) is 0.631. The summed E-state index contributed by atoms with van der Waals surface area (Å²) in [5.74, 6) is 0.123. The molecule has 1 aliphatic heterocycles. The number of likely N-dealkylation sites (tertiary alicyclic amines) is 1. The summed E-state index contributed by atoms with van der Waals surface area (Å²) in [5, 5.41) is 19.5. The summed E-state index contributed by atoms with van der Waals surface area (Å²) in [6.07, 6.45) is 0.888. The third kappa shape index (κ3) is 2.99.